The molecule has 6 fully saturated rings. The Morgan fingerprint density at radius 1 is 0.387 bits per heavy atom. The van der Waals surface area contributed by atoms with Gasteiger partial charge in [0.25, 0.3) is 0 Å². The van der Waals surface area contributed by atoms with Crippen LogP contribution in [0, 0.1) is 12.3 Å². The van der Waals surface area contributed by atoms with Crippen LogP contribution in [-0.4, -0.2) is 297 Å². The molecule has 27 rings (SSSR count). The number of aromatic hydroxyl groups is 1. The number of benzene rings is 7. The highest BCUT2D eigenvalue weighted by Crippen LogP contribution is 2.42. The third-order valence-electron chi connectivity index (χ3n) is 29.0. The SMILES string of the molecule is C#CCn1cnc2c(-c3cccc4c3C=CC4)nc(N3CCOCC3)nc21.C1=Cc2c(cccc2-c2nc(N3CCOCC3)nc3c2ncn3Cc2ccccc2)C1.CC(c1ccccc1)n1cnc2c(-c3cccc4c3C=CC4)nc(N3CCOCC3)nc21.CN1CCN(C(=O)Cn2cnc3c(-c4cccc(O)c4)nc(N4CCOCC4)nc32)CC1.COCCn1cnc2c(-c3cccc4c3C=CC4)nc(N3CCOCC3)nc21. The van der Waals surface area contributed by atoms with E-state index >= 15 is 0 Å². The number of aromatic nitrogens is 20. The zero-order chi connectivity index (χ0) is 101. The first-order valence-electron chi connectivity index (χ1n) is 51.7. The highest BCUT2D eigenvalue weighted by atomic mass is 16.5. The number of amides is 1. The second kappa shape index (κ2) is 44.5. The second-order valence-electron chi connectivity index (χ2n) is 38.4. The van der Waals surface area contributed by atoms with E-state index < -0.39 is 0 Å². The normalized spacial score (nSPS) is 16.4. The molecule has 0 saturated carbocycles. The van der Waals surface area contributed by atoms with E-state index in [0.29, 0.717) is 128 Å². The number of piperazine rings is 1. The molecule has 0 radical (unpaired) electrons. The van der Waals surface area contributed by atoms with E-state index in [2.05, 4.69) is 243 Å². The van der Waals surface area contributed by atoms with Gasteiger partial charge in [-0.3, -0.25) is 4.79 Å². The molecule has 16 heterocycles. The van der Waals surface area contributed by atoms with Crippen LogP contribution in [0.15, 0.2) is 214 Å². The fourth-order valence-electron chi connectivity index (χ4n) is 20.8. The fourth-order valence-corrected chi connectivity index (χ4v) is 20.8. The number of methoxy groups -OCH3 is 1. The molecule has 10 aromatic heterocycles. The molecule has 35 heteroatoms. The fraction of sp³-hybridized carbons (Fsp3) is 0.322. The van der Waals surface area contributed by atoms with Crippen LogP contribution in [-0.2, 0) is 85.1 Å². The molecule has 1 amide bonds. The molecule has 1 N–H and O–H groups in total. The van der Waals surface area contributed by atoms with Crippen LogP contribution in [0.2, 0.25) is 0 Å². The molecule has 6 saturated heterocycles. The number of fused-ring (bicyclic) bond motifs is 9. The quantitative estimate of drug-likeness (QED) is 0.0693. The first kappa shape index (κ1) is 97.2. The lowest BCUT2D eigenvalue weighted by Gasteiger charge is -2.32. The number of imidazole rings is 5. The van der Waals surface area contributed by atoms with E-state index in [9.17, 15) is 9.90 Å². The number of hydrogen-bond donors (Lipinski definition) is 1. The van der Waals surface area contributed by atoms with Gasteiger partial charge in [0.1, 0.15) is 68.3 Å². The van der Waals surface area contributed by atoms with E-state index in [0.717, 1.165) is 224 Å². The number of terminal acetylenes is 1. The van der Waals surface area contributed by atoms with E-state index in [1.807, 2.05) is 51.2 Å². The molecule has 1 atom stereocenters. The van der Waals surface area contributed by atoms with E-state index in [1.54, 1.807) is 42.5 Å². The molecular formula is C115H117N27O8. The topological polar surface area (TPSA) is 333 Å². The third kappa shape index (κ3) is 20.5. The highest BCUT2D eigenvalue weighted by Gasteiger charge is 2.32. The van der Waals surface area contributed by atoms with Gasteiger partial charge < -0.3 is 90.7 Å². The molecule has 0 spiro atoms. The summed E-state index contributed by atoms with van der Waals surface area (Å²) in [4.78, 5) is 101. The van der Waals surface area contributed by atoms with Crippen molar-refractivity contribution >= 4 is 116 Å². The number of morpholine rings is 5. The zero-order valence-corrected chi connectivity index (χ0v) is 84.4. The number of allylic oxidation sites excluding steroid dienone is 4. The number of nitrogens with zero attached hydrogens (tertiary/aromatic N) is 27. The van der Waals surface area contributed by atoms with Crippen molar-refractivity contribution in [3.05, 3.63) is 269 Å². The Morgan fingerprint density at radius 3 is 1.16 bits per heavy atom. The molecule has 7 aromatic carbocycles. The largest absolute Gasteiger partial charge is 0.508 e. The molecule has 4 aliphatic carbocycles. The van der Waals surface area contributed by atoms with Gasteiger partial charge in [0.15, 0.2) is 28.2 Å². The average Bonchev–Trinajstić information content (AvgIpc) is 1.60. The Balaban J connectivity index is 0.000000103. The van der Waals surface area contributed by atoms with Gasteiger partial charge in [0.05, 0.1) is 123 Å². The second-order valence-corrected chi connectivity index (χ2v) is 38.4. The Hall–Kier alpha value is -16.2. The maximum absolute atomic E-state index is 13.0. The number of hydrogen-bond acceptors (Lipinski definition) is 29. The summed E-state index contributed by atoms with van der Waals surface area (Å²) >= 11 is 0. The number of anilines is 5. The van der Waals surface area contributed by atoms with Crippen molar-refractivity contribution in [3.8, 4) is 74.4 Å². The number of carbonyl (C=O) groups excluding carboxylic acids is 1. The number of phenolic OH excluding ortho intramolecular Hbond substituents is 1. The van der Waals surface area contributed by atoms with Crippen LogP contribution < -0.4 is 24.5 Å². The third-order valence-corrected chi connectivity index (χ3v) is 29.0. The maximum Gasteiger partial charge on any atom is 0.242 e. The predicted molar refractivity (Wildman–Crippen MR) is 582 cm³/mol. The van der Waals surface area contributed by atoms with Crippen molar-refractivity contribution in [3.63, 3.8) is 0 Å². The van der Waals surface area contributed by atoms with Crippen molar-refractivity contribution in [2.45, 2.75) is 64.8 Å². The van der Waals surface area contributed by atoms with Crippen molar-refractivity contribution in [2.75, 3.05) is 203 Å². The van der Waals surface area contributed by atoms with Gasteiger partial charge in [-0.1, -0.05) is 200 Å². The molecule has 35 nitrogen and oxygen atoms in total. The molecule has 760 valence electrons. The molecule has 1 unspecified atom stereocenters. The minimum absolute atomic E-state index is 0.0582. The summed E-state index contributed by atoms with van der Waals surface area (Å²) in [5.41, 5.74) is 30.0. The Kier molecular flexibility index (Phi) is 28.8. The first-order chi connectivity index (χ1) is 73.9. The van der Waals surface area contributed by atoms with E-state index in [-0.39, 0.29) is 24.2 Å². The lowest BCUT2D eigenvalue weighted by molar-refractivity contribution is -0.133. The van der Waals surface area contributed by atoms with Gasteiger partial charge in [-0.05, 0) is 107 Å². The Labute approximate surface area is 868 Å². The summed E-state index contributed by atoms with van der Waals surface area (Å²) in [5, 5.41) is 10.0. The molecule has 150 heavy (non-hydrogen) atoms. The van der Waals surface area contributed by atoms with Crippen molar-refractivity contribution < 1.29 is 38.3 Å². The minimum Gasteiger partial charge on any atom is -0.508 e. The van der Waals surface area contributed by atoms with Crippen LogP contribution in [0.3, 0.4) is 0 Å². The average molecular weight is 2010 g/mol. The van der Waals surface area contributed by atoms with Crippen LogP contribution >= 0.6 is 0 Å². The summed E-state index contributed by atoms with van der Waals surface area (Å²) in [6, 6.07) is 53.7. The summed E-state index contributed by atoms with van der Waals surface area (Å²) in [7, 11) is 3.77. The van der Waals surface area contributed by atoms with Gasteiger partial charge in [0, 0.05) is 133 Å². The number of carbonyl (C=O) groups is 1. The lowest BCUT2D eigenvalue weighted by Crippen LogP contribution is -2.48. The monoisotopic (exact) mass is 2000 g/mol. The zero-order valence-electron chi connectivity index (χ0n) is 84.4. The smallest absolute Gasteiger partial charge is 0.242 e. The minimum atomic E-state index is 0.0582. The summed E-state index contributed by atoms with van der Waals surface area (Å²) in [5.74, 6) is 6.42. The number of ether oxygens (including phenoxy) is 6. The van der Waals surface area contributed by atoms with E-state index in [4.69, 9.17) is 94.7 Å². The predicted octanol–water partition coefficient (Wildman–Crippen LogP) is 14.3. The van der Waals surface area contributed by atoms with Crippen molar-refractivity contribution in [1.29, 1.82) is 0 Å². The van der Waals surface area contributed by atoms with Crippen LogP contribution in [0.4, 0.5) is 29.7 Å². The number of rotatable bonds is 20. The van der Waals surface area contributed by atoms with Crippen molar-refractivity contribution in [2.24, 2.45) is 0 Å². The van der Waals surface area contributed by atoms with Crippen LogP contribution in [0.5, 0.6) is 5.75 Å². The van der Waals surface area contributed by atoms with Crippen LogP contribution in [0.25, 0.3) is 136 Å². The summed E-state index contributed by atoms with van der Waals surface area (Å²) in [6.07, 6.45) is 36.0. The highest BCUT2D eigenvalue weighted by molar-refractivity contribution is 5.98. The molecule has 10 aliphatic rings. The lowest BCUT2D eigenvalue weighted by atomic mass is 10.0. The number of likely N-dealkylation sites (N-methyl/N-ethyl adjacent to an activating group) is 1. The van der Waals surface area contributed by atoms with Gasteiger partial charge in [-0.25, -0.2) is 49.8 Å². The maximum atomic E-state index is 13.0. The summed E-state index contributed by atoms with van der Waals surface area (Å²) < 4.78 is 42.9. The van der Waals surface area contributed by atoms with Crippen molar-refractivity contribution in [1.82, 2.24) is 107 Å². The Bertz CT molecular complexity index is 7970. The first-order valence-corrected chi connectivity index (χ1v) is 51.7. The van der Waals surface area contributed by atoms with Crippen LogP contribution in [0.1, 0.15) is 68.6 Å². The van der Waals surface area contributed by atoms with Gasteiger partial charge in [-0.15, -0.1) is 6.42 Å². The standard InChI is InChI=1S/C26H25N5O.C25H23N5O.C22H27N7O3.C21H23N5O2.C21H19N5O/c1-18(19-7-3-2-4-8-19)31-17-27-24-23(22-12-6-10-20-9-5-11-21(20)22)28-26(29-25(24)31)30-13-15-32-16-14-30;1-2-6-18(7-3-1)16-30-17-26-23-22(21-11-5-9-19-8-4-10-20(19)21)27-25(28-24(23)30)29-12-14-31-15-13-29;1-26-5-7-27(8-6-26)18(31)14-29-15-23-20-19(16-3-2-4-17(30)13-16)24-22(25-21(20)29)28-9-11-32-12-10-28;1-27-11-8-26-14-22-19-18(17-7-3-5-15-4-2-6-16(15)17)23-21(24-20(19)26)25-9-12-28-13-10-25;1-2-9-26-14-22-19-18(17-8-4-6-15-5-3-7-16(15)17)23-21(24-20(19)26)25-10-12-27-13-11-25/h2-8,10-12,17-18H,9,13-16H2,1H3;1-7,9-11,17H,8,12-16H2;2-4,13,15,30H,5-12,14H2,1H3;2-3,5-7,14H,4,8-13H2,1H3;1,3-4,6-8,14H,5,9-13H2. The van der Waals surface area contributed by atoms with Gasteiger partial charge >= 0.3 is 0 Å². The van der Waals surface area contributed by atoms with E-state index in [1.165, 1.54) is 55.6 Å². The van der Waals surface area contributed by atoms with Gasteiger partial charge in [-0.2, -0.15) is 24.9 Å². The summed E-state index contributed by atoms with van der Waals surface area (Å²) in [6.45, 7) is 22.5. The molecule has 17 aromatic rings. The Morgan fingerprint density at radius 2 is 0.740 bits per heavy atom. The van der Waals surface area contributed by atoms with Gasteiger partial charge in [0.2, 0.25) is 35.6 Å². The number of phenols is 1. The molecule has 6 aliphatic heterocycles. The molecular weight excluding hydrogens is 1890 g/mol. The molecule has 0 bridgehead atoms.